The van der Waals surface area contributed by atoms with Crippen molar-refractivity contribution in [2.45, 2.75) is 13.2 Å². The summed E-state index contributed by atoms with van der Waals surface area (Å²) in [7, 11) is 1.20. The van der Waals surface area contributed by atoms with E-state index >= 15 is 0 Å². The number of nitrogen functional groups attached to an aromatic ring is 1. The van der Waals surface area contributed by atoms with Gasteiger partial charge in [-0.3, -0.25) is 4.79 Å². The van der Waals surface area contributed by atoms with Gasteiger partial charge in [0, 0.05) is 0 Å². The molecule has 0 radical (unpaired) electrons. The molecule has 0 aliphatic heterocycles. The van der Waals surface area contributed by atoms with Gasteiger partial charge in [-0.1, -0.05) is 35.5 Å². The molecular weight excluding hydrogens is 276 g/mol. The SMILES string of the molecule is COC(=O)c1nnn(CC(=O)OCc2ccccc2)c1N. The van der Waals surface area contributed by atoms with E-state index in [9.17, 15) is 9.59 Å². The average molecular weight is 290 g/mol. The maximum Gasteiger partial charge on any atom is 0.362 e. The van der Waals surface area contributed by atoms with Crippen molar-refractivity contribution >= 4 is 17.8 Å². The quantitative estimate of drug-likeness (QED) is 0.793. The molecule has 0 atom stereocenters. The summed E-state index contributed by atoms with van der Waals surface area (Å²) in [5.74, 6) is -1.29. The van der Waals surface area contributed by atoms with Gasteiger partial charge < -0.3 is 15.2 Å². The maximum absolute atomic E-state index is 11.7. The predicted octanol–water partition coefficient (Wildman–Crippen LogP) is 0.390. The van der Waals surface area contributed by atoms with Crippen molar-refractivity contribution in [2.24, 2.45) is 0 Å². The number of ether oxygens (including phenoxy) is 2. The fourth-order valence-corrected chi connectivity index (χ4v) is 1.59. The molecule has 8 heteroatoms. The smallest absolute Gasteiger partial charge is 0.362 e. The number of nitrogens with two attached hydrogens (primary N) is 1. The van der Waals surface area contributed by atoms with Crippen molar-refractivity contribution < 1.29 is 19.1 Å². The van der Waals surface area contributed by atoms with Gasteiger partial charge in [0.15, 0.2) is 5.82 Å². The molecule has 1 heterocycles. The van der Waals surface area contributed by atoms with Crippen LogP contribution < -0.4 is 5.73 Å². The fraction of sp³-hybridized carbons (Fsp3) is 0.231. The molecule has 0 spiro atoms. The topological polar surface area (TPSA) is 109 Å². The van der Waals surface area contributed by atoms with Crippen molar-refractivity contribution in [3.05, 3.63) is 41.6 Å². The number of nitrogens with zero attached hydrogens (tertiary/aromatic N) is 3. The molecule has 8 nitrogen and oxygen atoms in total. The third-order valence-corrected chi connectivity index (χ3v) is 2.67. The minimum atomic E-state index is -0.712. The summed E-state index contributed by atoms with van der Waals surface area (Å²) in [5.41, 5.74) is 6.40. The minimum Gasteiger partial charge on any atom is -0.464 e. The van der Waals surface area contributed by atoms with Crippen LogP contribution in [0.5, 0.6) is 0 Å². The molecule has 110 valence electrons. The normalized spacial score (nSPS) is 10.1. The van der Waals surface area contributed by atoms with Gasteiger partial charge in [-0.25, -0.2) is 9.48 Å². The Morgan fingerprint density at radius 1 is 1.29 bits per heavy atom. The van der Waals surface area contributed by atoms with Crippen LogP contribution in [0.4, 0.5) is 5.82 Å². The summed E-state index contributed by atoms with van der Waals surface area (Å²) in [6.07, 6.45) is 0. The average Bonchev–Trinajstić information content (AvgIpc) is 2.86. The van der Waals surface area contributed by atoms with E-state index in [1.165, 1.54) is 7.11 Å². The van der Waals surface area contributed by atoms with E-state index in [0.717, 1.165) is 10.2 Å². The van der Waals surface area contributed by atoms with E-state index in [-0.39, 0.29) is 24.7 Å². The lowest BCUT2D eigenvalue weighted by molar-refractivity contribution is -0.145. The summed E-state index contributed by atoms with van der Waals surface area (Å²) in [6.45, 7) is -0.0825. The highest BCUT2D eigenvalue weighted by Crippen LogP contribution is 2.09. The molecule has 1 aromatic heterocycles. The van der Waals surface area contributed by atoms with Gasteiger partial charge in [-0.05, 0) is 5.56 Å². The number of anilines is 1. The summed E-state index contributed by atoms with van der Waals surface area (Å²) >= 11 is 0. The zero-order chi connectivity index (χ0) is 15.2. The van der Waals surface area contributed by atoms with Gasteiger partial charge in [-0.15, -0.1) is 5.10 Å². The van der Waals surface area contributed by atoms with Gasteiger partial charge in [0.2, 0.25) is 5.69 Å². The van der Waals surface area contributed by atoms with Crippen molar-refractivity contribution in [2.75, 3.05) is 12.8 Å². The lowest BCUT2D eigenvalue weighted by Crippen LogP contribution is -2.17. The summed E-state index contributed by atoms with van der Waals surface area (Å²) in [4.78, 5) is 23.0. The van der Waals surface area contributed by atoms with Crippen molar-refractivity contribution in [3.63, 3.8) is 0 Å². The van der Waals surface area contributed by atoms with Gasteiger partial charge in [-0.2, -0.15) is 0 Å². The molecule has 0 bridgehead atoms. The molecule has 2 rings (SSSR count). The van der Waals surface area contributed by atoms with E-state index in [1.807, 2.05) is 30.3 Å². The highest BCUT2D eigenvalue weighted by molar-refractivity contribution is 5.91. The van der Waals surface area contributed by atoms with E-state index < -0.39 is 11.9 Å². The van der Waals surface area contributed by atoms with E-state index in [2.05, 4.69) is 15.0 Å². The van der Waals surface area contributed by atoms with Crippen molar-refractivity contribution in [1.29, 1.82) is 0 Å². The minimum absolute atomic E-state index is 0.0430. The molecule has 2 N–H and O–H groups in total. The first kappa shape index (κ1) is 14.5. The first-order valence-electron chi connectivity index (χ1n) is 6.08. The second-order valence-electron chi connectivity index (χ2n) is 4.12. The number of rotatable bonds is 5. The van der Waals surface area contributed by atoms with E-state index in [0.29, 0.717) is 0 Å². The van der Waals surface area contributed by atoms with Gasteiger partial charge >= 0.3 is 11.9 Å². The molecule has 2 aromatic rings. The third-order valence-electron chi connectivity index (χ3n) is 2.67. The van der Waals surface area contributed by atoms with E-state index in [1.54, 1.807) is 0 Å². The highest BCUT2D eigenvalue weighted by atomic mass is 16.5. The van der Waals surface area contributed by atoms with E-state index in [4.69, 9.17) is 10.5 Å². The number of methoxy groups -OCH3 is 1. The Morgan fingerprint density at radius 3 is 2.67 bits per heavy atom. The van der Waals surface area contributed by atoms with Gasteiger partial charge in [0.1, 0.15) is 13.2 Å². The number of esters is 2. The monoisotopic (exact) mass is 290 g/mol. The number of carbonyl (C=O) groups is 2. The third kappa shape index (κ3) is 3.56. The Labute approximate surface area is 120 Å². The Kier molecular flexibility index (Phi) is 4.50. The molecule has 0 saturated heterocycles. The zero-order valence-electron chi connectivity index (χ0n) is 11.4. The molecule has 1 aromatic carbocycles. The first-order valence-corrected chi connectivity index (χ1v) is 6.08. The zero-order valence-corrected chi connectivity index (χ0v) is 11.4. The van der Waals surface area contributed by atoms with Crippen LogP contribution in [0.25, 0.3) is 0 Å². The van der Waals surface area contributed by atoms with Crippen LogP contribution in [0.15, 0.2) is 30.3 Å². The molecule has 0 unspecified atom stereocenters. The largest absolute Gasteiger partial charge is 0.464 e. The Morgan fingerprint density at radius 2 is 2.00 bits per heavy atom. The van der Waals surface area contributed by atoms with Crippen LogP contribution in [0, 0.1) is 0 Å². The lowest BCUT2D eigenvalue weighted by atomic mass is 10.2. The predicted molar refractivity (Wildman–Crippen MR) is 72.0 cm³/mol. The van der Waals surface area contributed by atoms with Crippen molar-refractivity contribution in [3.8, 4) is 0 Å². The van der Waals surface area contributed by atoms with Crippen LogP contribution in [0.2, 0.25) is 0 Å². The number of hydrogen-bond acceptors (Lipinski definition) is 7. The van der Waals surface area contributed by atoms with Crippen molar-refractivity contribution in [1.82, 2.24) is 15.0 Å². The van der Waals surface area contributed by atoms with Gasteiger partial charge in [0.05, 0.1) is 7.11 Å². The number of hydrogen-bond donors (Lipinski definition) is 1. The molecule has 0 aliphatic carbocycles. The summed E-state index contributed by atoms with van der Waals surface area (Å²) in [5, 5.41) is 7.18. The number of benzene rings is 1. The second kappa shape index (κ2) is 6.51. The van der Waals surface area contributed by atoms with Gasteiger partial charge in [0.25, 0.3) is 0 Å². The molecule has 0 saturated carbocycles. The Bertz CT molecular complexity index is 639. The molecule has 21 heavy (non-hydrogen) atoms. The molecule has 0 aliphatic rings. The lowest BCUT2D eigenvalue weighted by Gasteiger charge is -2.05. The Balaban J connectivity index is 1.94. The standard InChI is InChI=1S/C13H14N4O4/c1-20-13(19)11-12(14)17(16-15-11)7-10(18)21-8-9-5-3-2-4-6-9/h2-6H,7-8,14H2,1H3. The van der Waals surface area contributed by atoms with Crippen LogP contribution in [0.1, 0.15) is 16.1 Å². The summed E-state index contributed by atoms with van der Waals surface area (Å²) in [6, 6.07) is 9.25. The highest BCUT2D eigenvalue weighted by Gasteiger charge is 2.19. The second-order valence-corrected chi connectivity index (χ2v) is 4.12. The summed E-state index contributed by atoms with van der Waals surface area (Å²) < 4.78 is 10.7. The molecule has 0 fully saturated rings. The molecular formula is C13H14N4O4. The van der Waals surface area contributed by atoms with Crippen LogP contribution in [-0.4, -0.2) is 34.0 Å². The Hall–Kier alpha value is -2.90. The maximum atomic E-state index is 11.7. The first-order chi connectivity index (χ1) is 10.1. The molecule has 0 amide bonds. The number of carbonyl (C=O) groups excluding carboxylic acids is 2. The van der Waals surface area contributed by atoms with Crippen LogP contribution in [-0.2, 0) is 27.4 Å². The van der Waals surface area contributed by atoms with Crippen LogP contribution >= 0.6 is 0 Å². The van der Waals surface area contributed by atoms with Crippen LogP contribution in [0.3, 0.4) is 0 Å². The number of aromatic nitrogens is 3. The fourth-order valence-electron chi connectivity index (χ4n) is 1.59.